The highest BCUT2D eigenvalue weighted by atomic mass is 16.6. The molecule has 0 aliphatic carbocycles. The summed E-state index contributed by atoms with van der Waals surface area (Å²) in [4.78, 5) is 10.5. The van der Waals surface area contributed by atoms with Crippen molar-refractivity contribution in [2.75, 3.05) is 5.43 Å². The summed E-state index contributed by atoms with van der Waals surface area (Å²) >= 11 is 0. The van der Waals surface area contributed by atoms with Crippen LogP contribution in [-0.4, -0.2) is 10.8 Å². The maximum absolute atomic E-state index is 11.0. The molecule has 0 heterocycles. The second-order valence-corrected chi connectivity index (χ2v) is 6.67. The highest BCUT2D eigenvalue weighted by Gasteiger charge is 2.08. The first-order valence-electron chi connectivity index (χ1n) is 9.18. The van der Waals surface area contributed by atoms with Crippen LogP contribution in [0.5, 0.6) is 0 Å². The Labute approximate surface area is 169 Å². The molecule has 0 saturated heterocycles. The van der Waals surface area contributed by atoms with Crippen molar-refractivity contribution in [3.05, 3.63) is 100 Å². The largest absolute Gasteiger partial charge is 0.276 e. The van der Waals surface area contributed by atoms with Crippen molar-refractivity contribution in [1.82, 2.24) is 0 Å². The zero-order valence-corrected chi connectivity index (χ0v) is 16.2. The van der Waals surface area contributed by atoms with Crippen molar-refractivity contribution in [2.45, 2.75) is 19.8 Å². The van der Waals surface area contributed by atoms with Gasteiger partial charge < -0.3 is 0 Å². The monoisotopic (exact) mass is 387 g/mol. The fourth-order valence-corrected chi connectivity index (χ4v) is 2.57. The van der Waals surface area contributed by atoms with E-state index >= 15 is 0 Å². The van der Waals surface area contributed by atoms with E-state index in [-0.39, 0.29) is 5.69 Å². The van der Waals surface area contributed by atoms with E-state index in [0.29, 0.717) is 23.1 Å². The fraction of sp³-hybridized carbons (Fsp3) is 0.136. The van der Waals surface area contributed by atoms with Crippen LogP contribution in [0.1, 0.15) is 30.9 Å². The summed E-state index contributed by atoms with van der Waals surface area (Å²) in [5.41, 5.74) is 6.01. The third-order valence-electron chi connectivity index (χ3n) is 4.20. The number of rotatable bonds is 6. The molecule has 3 aromatic carbocycles. The molecule has 0 saturated carbocycles. The molecule has 0 spiro atoms. The number of azo groups is 1. The van der Waals surface area contributed by atoms with Gasteiger partial charge in [-0.2, -0.15) is 5.10 Å². The molecule has 0 aliphatic heterocycles. The van der Waals surface area contributed by atoms with Gasteiger partial charge in [-0.25, -0.2) is 0 Å². The standard InChI is InChI=1S/C22H21N5O2/c1-16(2)17-11-13-18(14-12-17)22(25-23-19-7-4-3-5-8-19)26-24-20-9-6-10-21(15-20)27(28)29/h3-16,24H,1-2H3/b25-23?,26-22+. The number of hydrazone groups is 1. The van der Waals surface area contributed by atoms with E-state index in [2.05, 4.69) is 34.6 Å². The van der Waals surface area contributed by atoms with Crippen LogP contribution in [0.3, 0.4) is 0 Å². The molecule has 1 N–H and O–H groups in total. The predicted octanol–water partition coefficient (Wildman–Crippen LogP) is 6.28. The number of nitro benzene ring substituents is 1. The number of hydrogen-bond acceptors (Lipinski definition) is 5. The molecule has 0 radical (unpaired) electrons. The highest BCUT2D eigenvalue weighted by Crippen LogP contribution is 2.19. The van der Waals surface area contributed by atoms with Crippen LogP contribution < -0.4 is 5.43 Å². The van der Waals surface area contributed by atoms with Crippen LogP contribution in [0.25, 0.3) is 0 Å². The maximum Gasteiger partial charge on any atom is 0.271 e. The summed E-state index contributed by atoms with van der Waals surface area (Å²) in [6.07, 6.45) is 0. The summed E-state index contributed by atoms with van der Waals surface area (Å²) in [6.45, 7) is 4.26. The lowest BCUT2D eigenvalue weighted by atomic mass is 10.0. The first-order valence-corrected chi connectivity index (χ1v) is 9.18. The van der Waals surface area contributed by atoms with Gasteiger partial charge in [0.25, 0.3) is 5.69 Å². The van der Waals surface area contributed by atoms with Gasteiger partial charge in [0, 0.05) is 17.7 Å². The lowest BCUT2D eigenvalue weighted by Crippen LogP contribution is -2.02. The Balaban J connectivity index is 1.91. The summed E-state index contributed by atoms with van der Waals surface area (Å²) in [6, 6.07) is 23.4. The van der Waals surface area contributed by atoms with Gasteiger partial charge in [0.1, 0.15) is 0 Å². The van der Waals surface area contributed by atoms with Gasteiger partial charge >= 0.3 is 0 Å². The van der Waals surface area contributed by atoms with E-state index in [1.54, 1.807) is 12.1 Å². The van der Waals surface area contributed by atoms with Gasteiger partial charge in [0.2, 0.25) is 5.84 Å². The summed E-state index contributed by atoms with van der Waals surface area (Å²) in [5.74, 6) is 0.786. The molecule has 7 nitrogen and oxygen atoms in total. The van der Waals surface area contributed by atoms with Gasteiger partial charge in [-0.15, -0.1) is 10.2 Å². The first kappa shape index (κ1) is 19.9. The third-order valence-corrected chi connectivity index (χ3v) is 4.20. The van der Waals surface area contributed by atoms with Gasteiger partial charge in [0.15, 0.2) is 0 Å². The highest BCUT2D eigenvalue weighted by molar-refractivity contribution is 5.99. The molecule has 7 heteroatoms. The van der Waals surface area contributed by atoms with Gasteiger partial charge in [-0.1, -0.05) is 62.4 Å². The Hall–Kier alpha value is -3.87. The quantitative estimate of drug-likeness (QED) is 0.177. The normalized spacial score (nSPS) is 11.8. The summed E-state index contributed by atoms with van der Waals surface area (Å²) in [5, 5.41) is 23.8. The Morgan fingerprint density at radius 2 is 1.69 bits per heavy atom. The van der Waals surface area contributed by atoms with Crippen LogP contribution in [0, 0.1) is 10.1 Å². The van der Waals surface area contributed by atoms with Gasteiger partial charge in [-0.05, 0) is 29.7 Å². The molecule has 0 amide bonds. The van der Waals surface area contributed by atoms with Crippen LogP contribution in [0.4, 0.5) is 17.1 Å². The molecule has 0 atom stereocenters. The van der Waals surface area contributed by atoms with Crippen molar-refractivity contribution >= 4 is 22.9 Å². The third kappa shape index (κ3) is 5.55. The molecule has 0 unspecified atom stereocenters. The molecule has 0 aromatic heterocycles. The van der Waals surface area contributed by atoms with E-state index in [1.807, 2.05) is 54.6 Å². The van der Waals surface area contributed by atoms with E-state index in [9.17, 15) is 10.1 Å². The molecule has 3 aromatic rings. The SMILES string of the molecule is CC(C)c1ccc(/C(N=Nc2ccccc2)=N\Nc2cccc([N+](=O)[O-])c2)cc1. The molecular formula is C22H21N5O2. The Morgan fingerprint density at radius 1 is 0.966 bits per heavy atom. The maximum atomic E-state index is 11.0. The number of nitrogens with zero attached hydrogens (tertiary/aromatic N) is 4. The van der Waals surface area contributed by atoms with Crippen molar-refractivity contribution in [3.8, 4) is 0 Å². The van der Waals surface area contributed by atoms with E-state index < -0.39 is 4.92 Å². The van der Waals surface area contributed by atoms with Crippen molar-refractivity contribution in [3.63, 3.8) is 0 Å². The molecule has 146 valence electrons. The van der Waals surface area contributed by atoms with Gasteiger partial charge in [0.05, 0.1) is 16.3 Å². The zero-order chi connectivity index (χ0) is 20.6. The Morgan fingerprint density at radius 3 is 2.34 bits per heavy atom. The number of anilines is 1. The predicted molar refractivity (Wildman–Crippen MR) is 115 cm³/mol. The molecule has 0 aliphatic rings. The minimum atomic E-state index is -0.449. The summed E-state index contributed by atoms with van der Waals surface area (Å²) < 4.78 is 0. The molecular weight excluding hydrogens is 366 g/mol. The number of non-ortho nitro benzene ring substituents is 1. The van der Waals surface area contributed by atoms with Crippen LogP contribution in [-0.2, 0) is 0 Å². The number of hydrogen-bond donors (Lipinski definition) is 1. The number of benzene rings is 3. The lowest BCUT2D eigenvalue weighted by molar-refractivity contribution is -0.384. The molecule has 0 fully saturated rings. The van der Waals surface area contributed by atoms with E-state index in [0.717, 1.165) is 5.56 Å². The first-order chi connectivity index (χ1) is 14.0. The summed E-state index contributed by atoms with van der Waals surface area (Å²) in [7, 11) is 0. The van der Waals surface area contributed by atoms with E-state index in [1.165, 1.54) is 17.7 Å². The second-order valence-electron chi connectivity index (χ2n) is 6.67. The Bertz CT molecular complexity index is 1030. The van der Waals surface area contributed by atoms with Crippen LogP contribution in [0.2, 0.25) is 0 Å². The fourth-order valence-electron chi connectivity index (χ4n) is 2.57. The minimum absolute atomic E-state index is 0.0149. The van der Waals surface area contributed by atoms with Crippen LogP contribution in [0.15, 0.2) is 94.2 Å². The average Bonchev–Trinajstić information content (AvgIpc) is 2.75. The Kier molecular flexibility index (Phi) is 6.42. The number of nitro groups is 1. The average molecular weight is 387 g/mol. The lowest BCUT2D eigenvalue weighted by Gasteiger charge is -2.07. The minimum Gasteiger partial charge on any atom is -0.276 e. The van der Waals surface area contributed by atoms with Crippen molar-refractivity contribution in [1.29, 1.82) is 0 Å². The second kappa shape index (κ2) is 9.36. The zero-order valence-electron chi connectivity index (χ0n) is 16.2. The number of nitrogens with one attached hydrogen (secondary N) is 1. The van der Waals surface area contributed by atoms with E-state index in [4.69, 9.17) is 0 Å². The van der Waals surface area contributed by atoms with Crippen LogP contribution >= 0.6 is 0 Å². The van der Waals surface area contributed by atoms with Gasteiger partial charge in [-0.3, -0.25) is 15.5 Å². The molecule has 3 rings (SSSR count). The molecule has 29 heavy (non-hydrogen) atoms. The topological polar surface area (TPSA) is 92.2 Å². The smallest absolute Gasteiger partial charge is 0.271 e. The number of amidine groups is 1. The molecule has 0 bridgehead atoms. The van der Waals surface area contributed by atoms with Crippen molar-refractivity contribution < 1.29 is 4.92 Å². The van der Waals surface area contributed by atoms with Crippen molar-refractivity contribution in [2.24, 2.45) is 15.3 Å².